The van der Waals surface area contributed by atoms with Gasteiger partial charge in [-0.25, -0.2) is 5.43 Å². The van der Waals surface area contributed by atoms with Crippen molar-refractivity contribution in [1.29, 1.82) is 0 Å². The SMILES string of the molecule is Cc1ccc(C(=O)NN=Cc2ccc(Cl)s2)cn1. The maximum atomic E-state index is 11.7. The van der Waals surface area contributed by atoms with Crippen LogP contribution in [-0.4, -0.2) is 17.1 Å². The van der Waals surface area contributed by atoms with E-state index in [0.29, 0.717) is 9.90 Å². The van der Waals surface area contributed by atoms with Gasteiger partial charge in [0.15, 0.2) is 0 Å². The van der Waals surface area contributed by atoms with E-state index in [2.05, 4.69) is 15.5 Å². The van der Waals surface area contributed by atoms with Crippen molar-refractivity contribution in [3.05, 3.63) is 50.9 Å². The van der Waals surface area contributed by atoms with Gasteiger partial charge in [0.05, 0.1) is 16.1 Å². The van der Waals surface area contributed by atoms with Gasteiger partial charge in [-0.15, -0.1) is 11.3 Å². The molecule has 0 saturated heterocycles. The van der Waals surface area contributed by atoms with Crippen LogP contribution in [0.25, 0.3) is 0 Å². The number of amides is 1. The van der Waals surface area contributed by atoms with Crippen molar-refractivity contribution >= 4 is 35.1 Å². The van der Waals surface area contributed by atoms with E-state index in [4.69, 9.17) is 11.6 Å². The van der Waals surface area contributed by atoms with E-state index < -0.39 is 0 Å². The summed E-state index contributed by atoms with van der Waals surface area (Å²) in [4.78, 5) is 16.6. The highest BCUT2D eigenvalue weighted by Gasteiger charge is 2.03. The third-order valence-electron chi connectivity index (χ3n) is 2.13. The zero-order chi connectivity index (χ0) is 13.0. The largest absolute Gasteiger partial charge is 0.272 e. The van der Waals surface area contributed by atoms with Crippen molar-refractivity contribution in [3.63, 3.8) is 0 Å². The van der Waals surface area contributed by atoms with Crippen LogP contribution in [0.1, 0.15) is 20.9 Å². The van der Waals surface area contributed by atoms with E-state index in [-0.39, 0.29) is 5.91 Å². The van der Waals surface area contributed by atoms with Gasteiger partial charge in [0.25, 0.3) is 5.91 Å². The summed E-state index contributed by atoms with van der Waals surface area (Å²) < 4.78 is 0.686. The van der Waals surface area contributed by atoms with Crippen molar-refractivity contribution in [2.75, 3.05) is 0 Å². The molecule has 0 aromatic carbocycles. The molecule has 6 heteroatoms. The average molecular weight is 280 g/mol. The van der Waals surface area contributed by atoms with Crippen LogP contribution < -0.4 is 5.43 Å². The van der Waals surface area contributed by atoms with Gasteiger partial charge in [-0.2, -0.15) is 5.10 Å². The summed E-state index contributed by atoms with van der Waals surface area (Å²) in [6, 6.07) is 7.09. The summed E-state index contributed by atoms with van der Waals surface area (Å²) in [6.45, 7) is 1.86. The zero-order valence-electron chi connectivity index (χ0n) is 9.55. The van der Waals surface area contributed by atoms with E-state index in [1.165, 1.54) is 17.5 Å². The fraction of sp³-hybridized carbons (Fsp3) is 0.0833. The second-order valence-corrected chi connectivity index (χ2v) is 5.28. The van der Waals surface area contributed by atoms with E-state index in [0.717, 1.165) is 10.6 Å². The predicted octanol–water partition coefficient (Wildman–Crippen LogP) is 2.87. The molecule has 2 aromatic rings. The Balaban J connectivity index is 1.96. The van der Waals surface area contributed by atoms with Gasteiger partial charge < -0.3 is 0 Å². The molecule has 0 aliphatic rings. The van der Waals surface area contributed by atoms with E-state index in [1.807, 2.05) is 13.0 Å². The maximum absolute atomic E-state index is 11.7. The van der Waals surface area contributed by atoms with Crippen molar-refractivity contribution in [1.82, 2.24) is 10.4 Å². The second kappa shape index (κ2) is 5.75. The number of aryl methyl sites for hydroxylation is 1. The Bertz CT molecular complexity index is 577. The third kappa shape index (κ3) is 3.38. The molecule has 2 aromatic heterocycles. The molecule has 0 unspecified atom stereocenters. The topological polar surface area (TPSA) is 54.4 Å². The lowest BCUT2D eigenvalue weighted by atomic mass is 10.2. The Labute approximate surface area is 113 Å². The number of hydrogen-bond acceptors (Lipinski definition) is 4. The lowest BCUT2D eigenvalue weighted by Gasteiger charge is -1.98. The minimum atomic E-state index is -0.290. The first-order valence-corrected chi connectivity index (χ1v) is 6.36. The summed E-state index contributed by atoms with van der Waals surface area (Å²) in [6.07, 6.45) is 3.07. The van der Waals surface area contributed by atoms with Crippen LogP contribution in [0, 0.1) is 6.92 Å². The van der Waals surface area contributed by atoms with Crippen LogP contribution in [0.2, 0.25) is 4.34 Å². The first kappa shape index (κ1) is 12.7. The van der Waals surface area contributed by atoms with Crippen LogP contribution in [0.15, 0.2) is 35.6 Å². The molecular formula is C12H10ClN3OS. The molecule has 4 nitrogen and oxygen atoms in total. The van der Waals surface area contributed by atoms with Crippen molar-refractivity contribution in [3.8, 4) is 0 Å². The molecule has 0 spiro atoms. The molecule has 0 bridgehead atoms. The third-order valence-corrected chi connectivity index (χ3v) is 3.29. The lowest BCUT2D eigenvalue weighted by Crippen LogP contribution is -2.17. The summed E-state index contributed by atoms with van der Waals surface area (Å²) in [7, 11) is 0. The van der Waals surface area contributed by atoms with Crippen LogP contribution in [-0.2, 0) is 0 Å². The van der Waals surface area contributed by atoms with E-state index >= 15 is 0 Å². The number of thiophene rings is 1. The highest BCUT2D eigenvalue weighted by Crippen LogP contribution is 2.19. The molecule has 0 aliphatic carbocycles. The standard InChI is InChI=1S/C12H10ClN3OS/c1-8-2-3-9(6-14-8)12(17)16-15-7-10-4-5-11(13)18-10/h2-7H,1H3,(H,16,17). The monoisotopic (exact) mass is 279 g/mol. The van der Waals surface area contributed by atoms with Gasteiger partial charge in [-0.1, -0.05) is 11.6 Å². The van der Waals surface area contributed by atoms with Gasteiger partial charge in [-0.3, -0.25) is 9.78 Å². The van der Waals surface area contributed by atoms with E-state index in [9.17, 15) is 4.79 Å². The highest BCUT2D eigenvalue weighted by atomic mass is 35.5. The normalized spacial score (nSPS) is 10.8. The number of nitrogens with zero attached hydrogens (tertiary/aromatic N) is 2. The lowest BCUT2D eigenvalue weighted by molar-refractivity contribution is 0.0955. The first-order valence-electron chi connectivity index (χ1n) is 5.16. The summed E-state index contributed by atoms with van der Waals surface area (Å²) in [5.74, 6) is -0.290. The number of halogens is 1. The molecule has 2 rings (SSSR count). The molecular weight excluding hydrogens is 270 g/mol. The van der Waals surface area contributed by atoms with E-state index in [1.54, 1.807) is 24.4 Å². The van der Waals surface area contributed by atoms with Crippen LogP contribution in [0.4, 0.5) is 0 Å². The molecule has 18 heavy (non-hydrogen) atoms. The number of hydrazone groups is 1. The van der Waals surface area contributed by atoms with Crippen LogP contribution in [0.3, 0.4) is 0 Å². The van der Waals surface area contributed by atoms with Crippen molar-refractivity contribution < 1.29 is 4.79 Å². The molecule has 92 valence electrons. The first-order chi connectivity index (χ1) is 8.65. The number of aromatic nitrogens is 1. The minimum absolute atomic E-state index is 0.290. The fourth-order valence-electron chi connectivity index (χ4n) is 1.22. The number of pyridine rings is 1. The van der Waals surface area contributed by atoms with Gasteiger partial charge in [0.1, 0.15) is 0 Å². The van der Waals surface area contributed by atoms with Gasteiger partial charge in [0.2, 0.25) is 0 Å². The Morgan fingerprint density at radius 2 is 2.28 bits per heavy atom. The number of carbonyl (C=O) groups is 1. The van der Waals surface area contributed by atoms with Crippen LogP contribution >= 0.6 is 22.9 Å². The smallest absolute Gasteiger partial charge is 0.267 e. The molecule has 0 saturated carbocycles. The molecule has 1 N–H and O–H groups in total. The molecule has 0 radical (unpaired) electrons. The molecule has 0 fully saturated rings. The van der Waals surface area contributed by atoms with Gasteiger partial charge >= 0.3 is 0 Å². The number of nitrogens with one attached hydrogen (secondary N) is 1. The minimum Gasteiger partial charge on any atom is -0.267 e. The van der Waals surface area contributed by atoms with Gasteiger partial charge in [0, 0.05) is 16.8 Å². The van der Waals surface area contributed by atoms with Crippen LogP contribution in [0.5, 0.6) is 0 Å². The Morgan fingerprint density at radius 1 is 1.44 bits per heavy atom. The Morgan fingerprint density at radius 3 is 2.89 bits per heavy atom. The molecule has 0 aliphatic heterocycles. The van der Waals surface area contributed by atoms with Gasteiger partial charge in [-0.05, 0) is 31.2 Å². The number of rotatable bonds is 3. The summed E-state index contributed by atoms with van der Waals surface area (Å²) >= 11 is 7.16. The molecule has 1 amide bonds. The Kier molecular flexibility index (Phi) is 4.07. The second-order valence-electron chi connectivity index (χ2n) is 3.53. The predicted molar refractivity (Wildman–Crippen MR) is 73.4 cm³/mol. The Hall–Kier alpha value is -1.72. The average Bonchev–Trinajstić information content (AvgIpc) is 2.76. The van der Waals surface area contributed by atoms with Crippen molar-refractivity contribution in [2.24, 2.45) is 5.10 Å². The maximum Gasteiger partial charge on any atom is 0.272 e. The number of hydrogen-bond donors (Lipinski definition) is 1. The summed E-state index contributed by atoms with van der Waals surface area (Å²) in [5, 5.41) is 3.85. The zero-order valence-corrected chi connectivity index (χ0v) is 11.1. The molecule has 2 heterocycles. The highest BCUT2D eigenvalue weighted by molar-refractivity contribution is 7.17. The molecule has 0 atom stereocenters. The fourth-order valence-corrected chi connectivity index (χ4v) is 2.15. The quantitative estimate of drug-likeness (QED) is 0.694. The van der Waals surface area contributed by atoms with Crippen molar-refractivity contribution in [2.45, 2.75) is 6.92 Å². The number of carbonyl (C=O) groups excluding carboxylic acids is 1. The summed E-state index contributed by atoms with van der Waals surface area (Å²) in [5.41, 5.74) is 3.77.